The fourth-order valence-electron chi connectivity index (χ4n) is 1.52. The van der Waals surface area contributed by atoms with Gasteiger partial charge in [0, 0.05) is 20.3 Å². The maximum Gasteiger partial charge on any atom is 0.277 e. The van der Waals surface area contributed by atoms with Crippen LogP contribution in [-0.2, 0) is 14.1 Å². The molecule has 7 heteroatoms. The van der Waals surface area contributed by atoms with Crippen molar-refractivity contribution in [1.82, 2.24) is 19.3 Å². The van der Waals surface area contributed by atoms with Crippen molar-refractivity contribution in [3.8, 4) is 0 Å². The summed E-state index contributed by atoms with van der Waals surface area (Å²) < 4.78 is 3.23. The maximum atomic E-state index is 11.9. The third-order valence-corrected chi connectivity index (χ3v) is 2.44. The topological polar surface area (TPSA) is 90.8 Å². The molecule has 0 saturated heterocycles. The fourth-order valence-corrected chi connectivity index (χ4v) is 1.52. The predicted molar refractivity (Wildman–Crippen MR) is 63.5 cm³/mol. The van der Waals surface area contributed by atoms with E-state index in [2.05, 4.69) is 15.4 Å². The van der Waals surface area contributed by atoms with E-state index in [1.165, 1.54) is 4.68 Å². The average molecular weight is 234 g/mol. The molecule has 2 rings (SSSR count). The SMILES string of the molecule is Cc1nn(C)c(NC(=O)c2cn(C)cn2)c1N. The highest BCUT2D eigenvalue weighted by molar-refractivity contribution is 6.03. The predicted octanol–water partition coefficient (Wildman–Crippen LogP) is 0.297. The molecule has 0 bridgehead atoms. The lowest BCUT2D eigenvalue weighted by Crippen LogP contribution is -2.16. The average Bonchev–Trinajstić information content (AvgIpc) is 2.79. The molecular formula is C10H14N6O. The molecule has 0 aliphatic rings. The monoisotopic (exact) mass is 234 g/mol. The first-order valence-corrected chi connectivity index (χ1v) is 5.07. The summed E-state index contributed by atoms with van der Waals surface area (Å²) in [5, 5.41) is 6.80. The van der Waals surface area contributed by atoms with Crippen LogP contribution in [0.2, 0.25) is 0 Å². The van der Waals surface area contributed by atoms with Crippen LogP contribution in [0, 0.1) is 6.92 Å². The second-order valence-electron chi connectivity index (χ2n) is 3.85. The Morgan fingerprint density at radius 2 is 2.18 bits per heavy atom. The molecule has 2 heterocycles. The molecule has 0 aliphatic heterocycles. The molecule has 3 N–H and O–H groups in total. The summed E-state index contributed by atoms with van der Waals surface area (Å²) in [6.45, 7) is 1.78. The number of imidazole rings is 1. The van der Waals surface area contributed by atoms with Gasteiger partial charge in [-0.15, -0.1) is 0 Å². The van der Waals surface area contributed by atoms with Crippen LogP contribution in [0.15, 0.2) is 12.5 Å². The van der Waals surface area contributed by atoms with Gasteiger partial charge in [-0.25, -0.2) is 4.98 Å². The Bertz CT molecular complexity index is 567. The van der Waals surface area contributed by atoms with Gasteiger partial charge in [-0.1, -0.05) is 0 Å². The molecule has 0 fully saturated rings. The van der Waals surface area contributed by atoms with E-state index in [1.54, 1.807) is 38.1 Å². The highest BCUT2D eigenvalue weighted by Crippen LogP contribution is 2.21. The van der Waals surface area contributed by atoms with Gasteiger partial charge in [-0.3, -0.25) is 9.48 Å². The second-order valence-corrected chi connectivity index (χ2v) is 3.85. The number of nitrogens with one attached hydrogen (secondary N) is 1. The van der Waals surface area contributed by atoms with Crippen molar-refractivity contribution in [3.63, 3.8) is 0 Å². The minimum Gasteiger partial charge on any atom is -0.394 e. The van der Waals surface area contributed by atoms with Gasteiger partial charge >= 0.3 is 0 Å². The summed E-state index contributed by atoms with van der Waals surface area (Å²) in [6, 6.07) is 0. The lowest BCUT2D eigenvalue weighted by Gasteiger charge is -2.04. The van der Waals surface area contributed by atoms with Crippen LogP contribution in [0.4, 0.5) is 11.5 Å². The lowest BCUT2D eigenvalue weighted by atomic mass is 10.3. The van der Waals surface area contributed by atoms with E-state index >= 15 is 0 Å². The highest BCUT2D eigenvalue weighted by atomic mass is 16.2. The Morgan fingerprint density at radius 1 is 1.47 bits per heavy atom. The molecule has 0 aromatic carbocycles. The molecule has 90 valence electrons. The van der Waals surface area contributed by atoms with Crippen molar-refractivity contribution in [2.45, 2.75) is 6.92 Å². The Hall–Kier alpha value is -2.31. The molecule has 17 heavy (non-hydrogen) atoms. The van der Waals surface area contributed by atoms with E-state index in [1.807, 2.05) is 0 Å². The van der Waals surface area contributed by atoms with Crippen LogP contribution < -0.4 is 11.1 Å². The minimum absolute atomic E-state index is 0.305. The Kier molecular flexibility index (Phi) is 2.58. The third-order valence-electron chi connectivity index (χ3n) is 2.44. The molecule has 0 unspecified atom stereocenters. The van der Waals surface area contributed by atoms with Crippen LogP contribution >= 0.6 is 0 Å². The smallest absolute Gasteiger partial charge is 0.277 e. The number of hydrogen-bond donors (Lipinski definition) is 2. The zero-order chi connectivity index (χ0) is 12.6. The summed E-state index contributed by atoms with van der Waals surface area (Å²) in [4.78, 5) is 15.8. The van der Waals surface area contributed by atoms with Crippen molar-refractivity contribution in [1.29, 1.82) is 0 Å². The van der Waals surface area contributed by atoms with Crippen molar-refractivity contribution in [3.05, 3.63) is 23.9 Å². The van der Waals surface area contributed by atoms with E-state index in [0.29, 0.717) is 22.9 Å². The largest absolute Gasteiger partial charge is 0.394 e. The van der Waals surface area contributed by atoms with E-state index < -0.39 is 0 Å². The summed E-state index contributed by atoms with van der Waals surface area (Å²) in [7, 11) is 3.52. The number of amides is 1. The van der Waals surface area contributed by atoms with Crippen LogP contribution in [0.5, 0.6) is 0 Å². The van der Waals surface area contributed by atoms with Crippen molar-refractivity contribution in [2.24, 2.45) is 14.1 Å². The minimum atomic E-state index is -0.305. The van der Waals surface area contributed by atoms with Crippen LogP contribution in [0.3, 0.4) is 0 Å². The molecule has 0 atom stereocenters. The van der Waals surface area contributed by atoms with Gasteiger partial charge < -0.3 is 15.6 Å². The lowest BCUT2D eigenvalue weighted by molar-refractivity contribution is 0.102. The van der Waals surface area contributed by atoms with Gasteiger partial charge in [0.2, 0.25) is 0 Å². The number of anilines is 2. The van der Waals surface area contributed by atoms with Crippen molar-refractivity contribution in [2.75, 3.05) is 11.1 Å². The Balaban J connectivity index is 2.24. The maximum absolute atomic E-state index is 11.9. The number of nitrogens with two attached hydrogens (primary N) is 1. The number of aryl methyl sites for hydroxylation is 3. The number of nitrogens with zero attached hydrogens (tertiary/aromatic N) is 4. The van der Waals surface area contributed by atoms with Crippen molar-refractivity contribution >= 4 is 17.4 Å². The molecule has 0 saturated carbocycles. The summed E-state index contributed by atoms with van der Waals surface area (Å²) >= 11 is 0. The van der Waals surface area contributed by atoms with Gasteiger partial charge in [-0.05, 0) is 6.92 Å². The molecule has 2 aromatic rings. The number of nitrogen functional groups attached to an aromatic ring is 1. The van der Waals surface area contributed by atoms with Crippen LogP contribution in [-0.4, -0.2) is 25.2 Å². The normalized spacial score (nSPS) is 10.5. The fraction of sp³-hybridized carbons (Fsp3) is 0.300. The number of carbonyl (C=O) groups excluding carboxylic acids is 1. The molecule has 2 aromatic heterocycles. The zero-order valence-corrected chi connectivity index (χ0v) is 9.93. The highest BCUT2D eigenvalue weighted by Gasteiger charge is 2.15. The van der Waals surface area contributed by atoms with Gasteiger partial charge in [0.15, 0.2) is 5.82 Å². The van der Waals surface area contributed by atoms with Crippen molar-refractivity contribution < 1.29 is 4.79 Å². The van der Waals surface area contributed by atoms with Crippen LogP contribution in [0.25, 0.3) is 0 Å². The first-order valence-electron chi connectivity index (χ1n) is 5.07. The molecule has 0 spiro atoms. The number of hydrogen-bond acceptors (Lipinski definition) is 4. The first kappa shape index (κ1) is 11.2. The number of rotatable bonds is 2. The van der Waals surface area contributed by atoms with E-state index in [9.17, 15) is 4.79 Å². The number of carbonyl (C=O) groups is 1. The first-order chi connectivity index (χ1) is 7.99. The van der Waals surface area contributed by atoms with E-state index in [-0.39, 0.29) is 5.91 Å². The van der Waals surface area contributed by atoms with Gasteiger partial charge in [0.05, 0.1) is 17.7 Å². The molecule has 0 aliphatic carbocycles. The molecule has 0 radical (unpaired) electrons. The van der Waals surface area contributed by atoms with Gasteiger partial charge in [0.25, 0.3) is 5.91 Å². The molecule has 1 amide bonds. The van der Waals surface area contributed by atoms with E-state index in [0.717, 1.165) is 0 Å². The second kappa shape index (κ2) is 3.93. The summed E-state index contributed by atoms with van der Waals surface area (Å²) in [6.07, 6.45) is 3.20. The molecule has 7 nitrogen and oxygen atoms in total. The number of aromatic nitrogens is 4. The Labute approximate surface area is 98.2 Å². The summed E-state index contributed by atoms with van der Waals surface area (Å²) in [5.41, 5.74) is 7.30. The zero-order valence-electron chi connectivity index (χ0n) is 9.93. The standard InChI is InChI=1S/C10H14N6O/c1-6-8(11)9(16(3)14-6)13-10(17)7-4-15(2)5-12-7/h4-5H,11H2,1-3H3,(H,13,17). The third kappa shape index (κ3) is 1.99. The summed E-state index contributed by atoms with van der Waals surface area (Å²) in [5.74, 6) is 0.179. The van der Waals surface area contributed by atoms with Gasteiger partial charge in [0.1, 0.15) is 5.69 Å². The quantitative estimate of drug-likeness (QED) is 0.781. The van der Waals surface area contributed by atoms with Gasteiger partial charge in [-0.2, -0.15) is 5.10 Å². The Morgan fingerprint density at radius 3 is 2.65 bits per heavy atom. The van der Waals surface area contributed by atoms with Crippen LogP contribution in [0.1, 0.15) is 16.2 Å². The molecular weight excluding hydrogens is 220 g/mol. The van der Waals surface area contributed by atoms with E-state index in [4.69, 9.17) is 5.73 Å².